The average Bonchev–Trinajstić information content (AvgIpc) is 3.12. The second-order valence-electron chi connectivity index (χ2n) is 5.46. The third-order valence-corrected chi connectivity index (χ3v) is 3.68. The van der Waals surface area contributed by atoms with Gasteiger partial charge in [-0.15, -0.1) is 10.2 Å². The van der Waals surface area contributed by atoms with Crippen molar-refractivity contribution < 1.29 is 4.79 Å². The summed E-state index contributed by atoms with van der Waals surface area (Å²) in [7, 11) is 0. The van der Waals surface area contributed by atoms with Crippen LogP contribution in [0.25, 0.3) is 11.4 Å². The van der Waals surface area contributed by atoms with Gasteiger partial charge < -0.3 is 5.32 Å². The van der Waals surface area contributed by atoms with Gasteiger partial charge in [-0.2, -0.15) is 4.80 Å². The summed E-state index contributed by atoms with van der Waals surface area (Å²) in [6, 6.07) is 14.4. The average molecular weight is 322 g/mol. The Bertz CT molecular complexity index is 802. The molecule has 7 heteroatoms. The third kappa shape index (κ3) is 3.45. The maximum Gasteiger partial charge on any atom is 0.247 e. The topological polar surface area (TPSA) is 85.6 Å². The largest absolute Gasteiger partial charge is 0.346 e. The van der Waals surface area contributed by atoms with E-state index in [1.54, 1.807) is 13.1 Å². The summed E-state index contributed by atoms with van der Waals surface area (Å²) in [5.74, 6) is 0.304. The summed E-state index contributed by atoms with van der Waals surface area (Å²) in [4.78, 5) is 18.0. The van der Waals surface area contributed by atoms with Crippen molar-refractivity contribution >= 4 is 5.91 Å². The number of nitrogens with one attached hydrogen (secondary N) is 1. The summed E-state index contributed by atoms with van der Waals surface area (Å²) < 4.78 is 0. The van der Waals surface area contributed by atoms with E-state index in [9.17, 15) is 4.79 Å². The molecule has 2 aromatic heterocycles. The molecule has 7 nitrogen and oxygen atoms in total. The van der Waals surface area contributed by atoms with Crippen LogP contribution >= 0.6 is 0 Å². The van der Waals surface area contributed by atoms with E-state index in [1.165, 1.54) is 4.80 Å². The molecule has 1 aromatic carbocycles. The number of tetrazole rings is 1. The zero-order valence-electron chi connectivity index (χ0n) is 13.5. The number of rotatable bonds is 5. The maximum atomic E-state index is 12.4. The molecule has 0 radical (unpaired) electrons. The van der Waals surface area contributed by atoms with E-state index in [0.717, 1.165) is 11.3 Å². The highest BCUT2D eigenvalue weighted by Gasteiger charge is 2.21. The van der Waals surface area contributed by atoms with E-state index in [0.29, 0.717) is 5.82 Å². The van der Waals surface area contributed by atoms with Gasteiger partial charge in [-0.05, 0) is 31.2 Å². The van der Waals surface area contributed by atoms with Gasteiger partial charge in [0.05, 0.1) is 11.7 Å². The Balaban J connectivity index is 1.69. The third-order valence-electron chi connectivity index (χ3n) is 3.68. The quantitative estimate of drug-likeness (QED) is 0.778. The normalized spacial score (nSPS) is 13.2. The van der Waals surface area contributed by atoms with Crippen molar-refractivity contribution in [3.05, 3.63) is 60.4 Å². The van der Waals surface area contributed by atoms with E-state index in [2.05, 4.69) is 25.7 Å². The van der Waals surface area contributed by atoms with Crippen molar-refractivity contribution in [3.63, 3.8) is 0 Å². The van der Waals surface area contributed by atoms with Crippen LogP contribution in [-0.2, 0) is 4.79 Å². The van der Waals surface area contributed by atoms with Crippen molar-refractivity contribution in [1.82, 2.24) is 30.5 Å². The first-order chi connectivity index (χ1) is 11.6. The van der Waals surface area contributed by atoms with Crippen molar-refractivity contribution in [2.45, 2.75) is 25.9 Å². The molecule has 0 aliphatic heterocycles. The number of carbonyl (C=O) groups excluding carboxylic acids is 1. The Hall–Kier alpha value is -3.09. The number of nitrogens with zero attached hydrogens (tertiary/aromatic N) is 5. The number of benzene rings is 1. The molecule has 0 spiro atoms. The van der Waals surface area contributed by atoms with Crippen LogP contribution in [0.15, 0.2) is 54.7 Å². The van der Waals surface area contributed by atoms with E-state index in [4.69, 9.17) is 0 Å². The predicted molar refractivity (Wildman–Crippen MR) is 88.8 cm³/mol. The van der Waals surface area contributed by atoms with Gasteiger partial charge in [0.1, 0.15) is 6.04 Å². The fourth-order valence-electron chi connectivity index (χ4n) is 2.24. The lowest BCUT2D eigenvalue weighted by Crippen LogP contribution is -2.34. The van der Waals surface area contributed by atoms with Crippen LogP contribution in [0.4, 0.5) is 0 Å². The van der Waals surface area contributed by atoms with Crippen LogP contribution in [0.5, 0.6) is 0 Å². The number of amides is 1. The molecular formula is C17H18N6O. The minimum absolute atomic E-state index is 0.190. The molecule has 0 saturated carbocycles. The highest BCUT2D eigenvalue weighted by Crippen LogP contribution is 2.14. The van der Waals surface area contributed by atoms with Crippen LogP contribution in [-0.4, -0.2) is 31.1 Å². The lowest BCUT2D eigenvalue weighted by Gasteiger charge is -2.16. The molecular weight excluding hydrogens is 304 g/mol. The fraction of sp³-hybridized carbons (Fsp3) is 0.235. The van der Waals surface area contributed by atoms with E-state index >= 15 is 0 Å². The molecule has 122 valence electrons. The molecule has 1 amide bonds. The van der Waals surface area contributed by atoms with Crippen LogP contribution < -0.4 is 5.32 Å². The Kier molecular flexibility index (Phi) is 4.60. The van der Waals surface area contributed by atoms with Gasteiger partial charge in [-0.25, -0.2) is 0 Å². The van der Waals surface area contributed by atoms with E-state index < -0.39 is 6.04 Å². The number of aromatic nitrogens is 5. The Morgan fingerprint density at radius 3 is 2.54 bits per heavy atom. The van der Waals surface area contributed by atoms with Crippen molar-refractivity contribution in [3.8, 4) is 11.4 Å². The van der Waals surface area contributed by atoms with Gasteiger partial charge >= 0.3 is 0 Å². The standard InChI is InChI=1S/C17H18N6O/c1-12(15-10-6-7-11-18-15)19-17(24)13(2)23-21-16(20-22-23)14-8-4-3-5-9-14/h3-13H,1-2H3,(H,19,24)/t12-,13-/m1/s1. The van der Waals surface area contributed by atoms with Crippen LogP contribution in [0.3, 0.4) is 0 Å². The Labute approximate surface area is 139 Å². The zero-order valence-corrected chi connectivity index (χ0v) is 13.5. The van der Waals surface area contributed by atoms with Gasteiger partial charge in [0.25, 0.3) is 0 Å². The molecule has 0 aliphatic rings. The predicted octanol–water partition coefficient (Wildman–Crippen LogP) is 2.17. The summed E-state index contributed by atoms with van der Waals surface area (Å²) >= 11 is 0. The monoisotopic (exact) mass is 322 g/mol. The molecule has 2 atom stereocenters. The first kappa shape index (κ1) is 15.8. The van der Waals surface area contributed by atoms with Crippen LogP contribution in [0.1, 0.15) is 31.6 Å². The molecule has 2 heterocycles. The molecule has 0 unspecified atom stereocenters. The first-order valence-electron chi connectivity index (χ1n) is 7.71. The van der Waals surface area contributed by atoms with E-state index in [1.807, 2.05) is 55.5 Å². The van der Waals surface area contributed by atoms with Gasteiger partial charge in [0.2, 0.25) is 11.7 Å². The zero-order chi connectivity index (χ0) is 16.9. The molecule has 0 fully saturated rings. The molecule has 3 aromatic rings. The second-order valence-corrected chi connectivity index (χ2v) is 5.46. The molecule has 3 rings (SSSR count). The van der Waals surface area contributed by atoms with Gasteiger partial charge in [0.15, 0.2) is 0 Å². The second kappa shape index (κ2) is 6.99. The molecule has 1 N–H and O–H groups in total. The SMILES string of the molecule is C[C@H](C(=O)N[C@H](C)c1ccccn1)n1nnc(-c2ccccc2)n1. The maximum absolute atomic E-state index is 12.4. The summed E-state index contributed by atoms with van der Waals surface area (Å²) in [5, 5.41) is 15.2. The Morgan fingerprint density at radius 1 is 1.08 bits per heavy atom. The first-order valence-corrected chi connectivity index (χ1v) is 7.71. The molecule has 0 bridgehead atoms. The number of carbonyl (C=O) groups is 1. The number of hydrogen-bond donors (Lipinski definition) is 1. The summed E-state index contributed by atoms with van der Waals surface area (Å²) in [5.41, 5.74) is 1.66. The summed E-state index contributed by atoms with van der Waals surface area (Å²) in [6.45, 7) is 3.62. The fourth-order valence-corrected chi connectivity index (χ4v) is 2.24. The summed E-state index contributed by atoms with van der Waals surface area (Å²) in [6.07, 6.45) is 1.70. The molecule has 0 aliphatic carbocycles. The minimum Gasteiger partial charge on any atom is -0.346 e. The Morgan fingerprint density at radius 2 is 1.83 bits per heavy atom. The lowest BCUT2D eigenvalue weighted by atomic mass is 10.2. The smallest absolute Gasteiger partial charge is 0.247 e. The van der Waals surface area contributed by atoms with Gasteiger partial charge in [-0.3, -0.25) is 9.78 Å². The van der Waals surface area contributed by atoms with Crippen LogP contribution in [0, 0.1) is 0 Å². The van der Waals surface area contributed by atoms with Crippen molar-refractivity contribution in [2.24, 2.45) is 0 Å². The highest BCUT2D eigenvalue weighted by molar-refractivity contribution is 5.80. The van der Waals surface area contributed by atoms with E-state index in [-0.39, 0.29) is 11.9 Å². The minimum atomic E-state index is -0.568. The highest BCUT2D eigenvalue weighted by atomic mass is 16.2. The molecule has 24 heavy (non-hydrogen) atoms. The van der Waals surface area contributed by atoms with Crippen molar-refractivity contribution in [2.75, 3.05) is 0 Å². The number of pyridine rings is 1. The lowest BCUT2D eigenvalue weighted by molar-refractivity contribution is -0.125. The van der Waals surface area contributed by atoms with Crippen molar-refractivity contribution in [1.29, 1.82) is 0 Å². The number of hydrogen-bond acceptors (Lipinski definition) is 5. The van der Waals surface area contributed by atoms with Crippen LogP contribution in [0.2, 0.25) is 0 Å². The molecule has 0 saturated heterocycles. The van der Waals surface area contributed by atoms with Gasteiger partial charge in [0, 0.05) is 11.8 Å². The van der Waals surface area contributed by atoms with Gasteiger partial charge in [-0.1, -0.05) is 36.4 Å².